The van der Waals surface area contributed by atoms with Crippen LogP contribution in [0.1, 0.15) is 6.92 Å². The van der Waals surface area contributed by atoms with E-state index in [0.717, 1.165) is 22.3 Å². The van der Waals surface area contributed by atoms with Gasteiger partial charge in [0.05, 0.1) is 32.8 Å². The summed E-state index contributed by atoms with van der Waals surface area (Å²) in [6.45, 7) is 5.40. The highest BCUT2D eigenvalue weighted by molar-refractivity contribution is 14.1. The Bertz CT molecular complexity index is 513. The summed E-state index contributed by atoms with van der Waals surface area (Å²) >= 11 is 2.23. The predicted octanol–water partition coefficient (Wildman–Crippen LogP) is 0.587. The normalized spacial score (nSPS) is 15.5. The summed E-state index contributed by atoms with van der Waals surface area (Å²) in [5, 5.41) is 2.90. The van der Waals surface area contributed by atoms with Crippen molar-refractivity contribution in [1.29, 1.82) is 0 Å². The Kier molecular flexibility index (Phi) is 6.44. The topological polar surface area (TPSA) is 63.1 Å². The molecule has 0 aromatic heterocycles. The molecule has 6 nitrogen and oxygen atoms in total. The lowest BCUT2D eigenvalue weighted by Gasteiger charge is -2.31. The van der Waals surface area contributed by atoms with E-state index < -0.39 is 0 Å². The fraction of sp³-hybridized carbons (Fsp3) is 0.467. The summed E-state index contributed by atoms with van der Waals surface area (Å²) in [5.74, 6) is 0.000734. The van der Waals surface area contributed by atoms with Gasteiger partial charge in [-0.3, -0.25) is 9.69 Å². The Morgan fingerprint density at radius 2 is 1.91 bits per heavy atom. The van der Waals surface area contributed by atoms with Gasteiger partial charge in [-0.2, -0.15) is 0 Å². The van der Waals surface area contributed by atoms with E-state index in [4.69, 9.17) is 4.74 Å². The smallest absolute Gasteiger partial charge is 0.410 e. The van der Waals surface area contributed by atoms with Crippen LogP contribution in [0.3, 0.4) is 0 Å². The first-order valence-electron chi connectivity index (χ1n) is 7.39. The Balaban J connectivity index is 1.74. The molecule has 1 aromatic carbocycles. The molecule has 0 spiro atoms. The molecule has 120 valence electrons. The SMILES string of the molecule is CCOC(=O)N1CC[NH+](CC(=O)Nc2ccc(I)cc2)CC1. The number of benzene rings is 1. The number of quaternary nitrogens is 1. The first kappa shape index (κ1) is 17.0. The molecule has 0 aliphatic carbocycles. The minimum absolute atomic E-state index is 0.000734. The average molecular weight is 418 g/mol. The van der Waals surface area contributed by atoms with Crippen molar-refractivity contribution in [2.24, 2.45) is 0 Å². The van der Waals surface area contributed by atoms with Crippen LogP contribution in [0.25, 0.3) is 0 Å². The molecule has 0 bridgehead atoms. The maximum Gasteiger partial charge on any atom is 0.410 e. The summed E-state index contributed by atoms with van der Waals surface area (Å²) in [5.41, 5.74) is 0.815. The van der Waals surface area contributed by atoms with Crippen LogP contribution in [-0.2, 0) is 9.53 Å². The van der Waals surface area contributed by atoms with Crippen molar-refractivity contribution < 1.29 is 19.2 Å². The molecule has 22 heavy (non-hydrogen) atoms. The number of hydrogen-bond donors (Lipinski definition) is 2. The monoisotopic (exact) mass is 418 g/mol. The van der Waals surface area contributed by atoms with Crippen LogP contribution in [0.5, 0.6) is 0 Å². The lowest BCUT2D eigenvalue weighted by molar-refractivity contribution is -0.895. The van der Waals surface area contributed by atoms with Gasteiger partial charge in [-0.05, 0) is 53.8 Å². The second kappa shape index (κ2) is 8.33. The minimum Gasteiger partial charge on any atom is -0.450 e. The van der Waals surface area contributed by atoms with E-state index in [2.05, 4.69) is 27.9 Å². The molecular weight excluding hydrogens is 397 g/mol. The third-order valence-electron chi connectivity index (χ3n) is 3.54. The number of nitrogens with zero attached hydrogens (tertiary/aromatic N) is 1. The lowest BCUT2D eigenvalue weighted by atomic mass is 10.3. The van der Waals surface area contributed by atoms with Crippen LogP contribution in [-0.4, -0.2) is 56.2 Å². The maximum absolute atomic E-state index is 12.0. The van der Waals surface area contributed by atoms with Crippen LogP contribution < -0.4 is 10.2 Å². The zero-order valence-electron chi connectivity index (χ0n) is 12.6. The summed E-state index contributed by atoms with van der Waals surface area (Å²) in [6, 6.07) is 7.71. The minimum atomic E-state index is -0.259. The van der Waals surface area contributed by atoms with Crippen LogP contribution in [0.4, 0.5) is 10.5 Å². The summed E-state index contributed by atoms with van der Waals surface area (Å²) in [4.78, 5) is 26.5. The van der Waals surface area contributed by atoms with Crippen molar-refractivity contribution in [2.75, 3.05) is 44.6 Å². The fourth-order valence-electron chi connectivity index (χ4n) is 2.36. The molecule has 2 N–H and O–H groups in total. The molecule has 0 atom stereocenters. The summed E-state index contributed by atoms with van der Waals surface area (Å²) in [7, 11) is 0. The van der Waals surface area contributed by atoms with Gasteiger partial charge in [0.2, 0.25) is 0 Å². The van der Waals surface area contributed by atoms with Crippen molar-refractivity contribution in [3.8, 4) is 0 Å². The van der Waals surface area contributed by atoms with Crippen LogP contribution in [0, 0.1) is 3.57 Å². The number of anilines is 1. The molecule has 1 heterocycles. The molecule has 1 saturated heterocycles. The van der Waals surface area contributed by atoms with Gasteiger partial charge < -0.3 is 15.0 Å². The zero-order chi connectivity index (χ0) is 15.9. The van der Waals surface area contributed by atoms with Crippen molar-refractivity contribution in [1.82, 2.24) is 4.90 Å². The van der Waals surface area contributed by atoms with E-state index in [1.165, 1.54) is 4.90 Å². The largest absolute Gasteiger partial charge is 0.450 e. The van der Waals surface area contributed by atoms with Crippen LogP contribution >= 0.6 is 22.6 Å². The number of carbonyl (C=O) groups excluding carboxylic acids is 2. The molecule has 2 amide bonds. The van der Waals surface area contributed by atoms with Gasteiger partial charge in [0.25, 0.3) is 5.91 Å². The molecule has 7 heteroatoms. The van der Waals surface area contributed by atoms with Gasteiger partial charge in [0, 0.05) is 9.26 Å². The number of carbonyl (C=O) groups is 2. The lowest BCUT2D eigenvalue weighted by Crippen LogP contribution is -3.15. The van der Waals surface area contributed by atoms with Crippen molar-refractivity contribution in [3.05, 3.63) is 27.8 Å². The van der Waals surface area contributed by atoms with Gasteiger partial charge in [-0.1, -0.05) is 0 Å². The molecule has 2 rings (SSSR count). The first-order chi connectivity index (χ1) is 10.6. The molecule has 0 unspecified atom stereocenters. The number of amides is 2. The molecule has 1 aliphatic heterocycles. The second-order valence-corrected chi connectivity index (χ2v) is 6.41. The Labute approximate surface area is 143 Å². The van der Waals surface area contributed by atoms with E-state index in [1.807, 2.05) is 24.3 Å². The van der Waals surface area contributed by atoms with Gasteiger partial charge in [-0.25, -0.2) is 4.79 Å². The average Bonchev–Trinajstić information content (AvgIpc) is 2.50. The van der Waals surface area contributed by atoms with E-state index in [0.29, 0.717) is 26.2 Å². The van der Waals surface area contributed by atoms with Crippen molar-refractivity contribution >= 4 is 40.3 Å². The molecule has 1 aromatic rings. The third-order valence-corrected chi connectivity index (χ3v) is 4.25. The molecular formula is C15H21IN3O3+. The maximum atomic E-state index is 12.0. The first-order valence-corrected chi connectivity index (χ1v) is 8.47. The van der Waals surface area contributed by atoms with Gasteiger partial charge >= 0.3 is 6.09 Å². The number of hydrogen-bond acceptors (Lipinski definition) is 3. The molecule has 0 radical (unpaired) electrons. The standard InChI is InChI=1S/C15H20IN3O3/c1-2-22-15(21)19-9-7-18(8-10-19)11-14(20)17-13-5-3-12(16)4-6-13/h3-6H,2,7-11H2,1H3,(H,17,20)/p+1. The quantitative estimate of drug-likeness (QED) is 0.704. The van der Waals surface area contributed by atoms with Gasteiger partial charge in [0.15, 0.2) is 6.54 Å². The summed E-state index contributed by atoms with van der Waals surface area (Å²) in [6.07, 6.45) is -0.259. The van der Waals surface area contributed by atoms with Gasteiger partial charge in [-0.15, -0.1) is 0 Å². The number of rotatable bonds is 4. The number of piperazine rings is 1. The summed E-state index contributed by atoms with van der Waals surface area (Å²) < 4.78 is 6.12. The third kappa shape index (κ3) is 5.13. The Morgan fingerprint density at radius 3 is 2.50 bits per heavy atom. The van der Waals surface area contributed by atoms with Crippen LogP contribution in [0.2, 0.25) is 0 Å². The van der Waals surface area contributed by atoms with E-state index in [-0.39, 0.29) is 12.0 Å². The number of nitrogens with one attached hydrogen (secondary N) is 2. The highest BCUT2D eigenvalue weighted by Gasteiger charge is 2.25. The predicted molar refractivity (Wildman–Crippen MR) is 91.9 cm³/mol. The van der Waals surface area contributed by atoms with E-state index in [1.54, 1.807) is 11.8 Å². The van der Waals surface area contributed by atoms with Crippen molar-refractivity contribution in [3.63, 3.8) is 0 Å². The fourth-order valence-corrected chi connectivity index (χ4v) is 2.72. The highest BCUT2D eigenvalue weighted by Crippen LogP contribution is 2.10. The number of halogens is 1. The molecule has 0 saturated carbocycles. The molecule has 1 aliphatic rings. The van der Waals surface area contributed by atoms with E-state index >= 15 is 0 Å². The van der Waals surface area contributed by atoms with E-state index in [9.17, 15) is 9.59 Å². The zero-order valence-corrected chi connectivity index (χ0v) is 14.8. The van der Waals surface area contributed by atoms with Crippen molar-refractivity contribution in [2.45, 2.75) is 6.92 Å². The number of ether oxygens (including phenoxy) is 1. The Hall–Kier alpha value is -1.35. The Morgan fingerprint density at radius 1 is 1.27 bits per heavy atom. The van der Waals surface area contributed by atoms with Crippen LogP contribution in [0.15, 0.2) is 24.3 Å². The highest BCUT2D eigenvalue weighted by atomic mass is 127. The second-order valence-electron chi connectivity index (χ2n) is 5.17. The molecule has 1 fully saturated rings. The van der Waals surface area contributed by atoms with Gasteiger partial charge in [0.1, 0.15) is 0 Å².